The summed E-state index contributed by atoms with van der Waals surface area (Å²) in [5.74, 6) is -0.823. The maximum absolute atomic E-state index is 11.0. The van der Waals surface area contributed by atoms with E-state index in [1.807, 2.05) is 0 Å². The lowest BCUT2D eigenvalue weighted by Crippen LogP contribution is -3.10. The van der Waals surface area contributed by atoms with Gasteiger partial charge in [0.15, 0.2) is 0 Å². The lowest BCUT2D eigenvalue weighted by molar-refractivity contribution is -0.887. The molecule has 1 saturated heterocycles. The van der Waals surface area contributed by atoms with E-state index < -0.39 is 5.97 Å². The Kier molecular flexibility index (Phi) is 4.60. The number of quaternary nitrogens is 1. The van der Waals surface area contributed by atoms with Gasteiger partial charge >= 0.3 is 0 Å². The SMILES string of the molecule is O=C([O-])c1cc(Br)ccc1OCC[NH+]1CCCC1. The number of aromatic carboxylic acids is 1. The molecule has 2 rings (SSSR count). The Bertz CT molecular complexity index is 430. The number of hydrogen-bond acceptors (Lipinski definition) is 3. The summed E-state index contributed by atoms with van der Waals surface area (Å²) in [6.07, 6.45) is 2.55. The first-order chi connectivity index (χ1) is 8.66. The minimum Gasteiger partial charge on any atom is -0.545 e. The summed E-state index contributed by atoms with van der Waals surface area (Å²) in [6, 6.07) is 4.94. The number of benzene rings is 1. The van der Waals surface area contributed by atoms with Crippen molar-refractivity contribution >= 4 is 21.9 Å². The zero-order chi connectivity index (χ0) is 13.0. The average molecular weight is 314 g/mol. The second kappa shape index (κ2) is 6.20. The van der Waals surface area contributed by atoms with Gasteiger partial charge in [-0.15, -0.1) is 0 Å². The van der Waals surface area contributed by atoms with E-state index in [-0.39, 0.29) is 5.56 Å². The molecule has 1 aliphatic rings. The summed E-state index contributed by atoms with van der Waals surface area (Å²) in [6.45, 7) is 3.84. The molecule has 1 fully saturated rings. The number of carbonyl (C=O) groups is 1. The highest BCUT2D eigenvalue weighted by Gasteiger charge is 2.15. The van der Waals surface area contributed by atoms with E-state index in [1.54, 1.807) is 12.1 Å². The van der Waals surface area contributed by atoms with Crippen LogP contribution in [0.3, 0.4) is 0 Å². The minimum atomic E-state index is -1.21. The Morgan fingerprint density at radius 3 is 2.78 bits per heavy atom. The van der Waals surface area contributed by atoms with Crippen LogP contribution < -0.4 is 14.7 Å². The molecule has 1 aromatic carbocycles. The van der Waals surface area contributed by atoms with Crippen molar-refractivity contribution in [1.29, 1.82) is 0 Å². The van der Waals surface area contributed by atoms with E-state index in [2.05, 4.69) is 15.9 Å². The van der Waals surface area contributed by atoms with Crippen molar-refractivity contribution in [3.63, 3.8) is 0 Å². The van der Waals surface area contributed by atoms with E-state index in [0.717, 1.165) is 6.54 Å². The van der Waals surface area contributed by atoms with Crippen LogP contribution in [-0.2, 0) is 0 Å². The molecule has 0 aliphatic carbocycles. The number of likely N-dealkylation sites (tertiary alicyclic amines) is 1. The fourth-order valence-corrected chi connectivity index (χ4v) is 2.58. The first-order valence-electron chi connectivity index (χ1n) is 6.14. The lowest BCUT2D eigenvalue weighted by atomic mass is 10.2. The molecule has 0 unspecified atom stereocenters. The summed E-state index contributed by atoms with van der Waals surface area (Å²) in [4.78, 5) is 12.5. The fourth-order valence-electron chi connectivity index (χ4n) is 2.22. The predicted molar refractivity (Wildman–Crippen MR) is 68.8 cm³/mol. The van der Waals surface area contributed by atoms with Gasteiger partial charge in [-0.05, 0) is 18.2 Å². The first kappa shape index (κ1) is 13.4. The van der Waals surface area contributed by atoms with Gasteiger partial charge in [0.1, 0.15) is 18.9 Å². The van der Waals surface area contributed by atoms with Gasteiger partial charge in [-0.25, -0.2) is 0 Å². The molecule has 0 atom stereocenters. The molecule has 0 amide bonds. The predicted octanol–water partition coefficient (Wildman–Crippen LogP) is -0.130. The normalized spacial score (nSPS) is 15.8. The molecule has 0 saturated carbocycles. The summed E-state index contributed by atoms with van der Waals surface area (Å²) < 4.78 is 6.26. The van der Waals surface area contributed by atoms with Gasteiger partial charge in [0.2, 0.25) is 0 Å². The number of carboxylic acid groups (broad SMARTS) is 1. The molecule has 1 N–H and O–H groups in total. The molecular formula is C13H16BrNO3. The van der Waals surface area contributed by atoms with E-state index in [4.69, 9.17) is 4.74 Å². The van der Waals surface area contributed by atoms with E-state index in [1.165, 1.54) is 36.9 Å². The quantitative estimate of drug-likeness (QED) is 0.824. The third-order valence-corrected chi connectivity index (χ3v) is 3.68. The molecule has 18 heavy (non-hydrogen) atoms. The molecule has 1 aromatic rings. The van der Waals surface area contributed by atoms with Gasteiger partial charge in [0, 0.05) is 22.9 Å². The Morgan fingerprint density at radius 1 is 1.39 bits per heavy atom. The highest BCUT2D eigenvalue weighted by molar-refractivity contribution is 9.10. The van der Waals surface area contributed by atoms with Crippen LogP contribution in [0.25, 0.3) is 0 Å². The van der Waals surface area contributed by atoms with Crippen molar-refractivity contribution in [3.05, 3.63) is 28.2 Å². The van der Waals surface area contributed by atoms with Gasteiger partial charge < -0.3 is 19.5 Å². The maximum atomic E-state index is 11.0. The largest absolute Gasteiger partial charge is 0.545 e. The van der Waals surface area contributed by atoms with E-state index in [9.17, 15) is 9.90 Å². The van der Waals surface area contributed by atoms with Crippen molar-refractivity contribution in [2.24, 2.45) is 0 Å². The number of rotatable bonds is 5. The number of ether oxygens (including phenoxy) is 1. The number of carboxylic acids is 1. The molecule has 1 aliphatic heterocycles. The van der Waals surface area contributed by atoms with Gasteiger partial charge in [-0.2, -0.15) is 0 Å². The Labute approximate surface area is 115 Å². The molecule has 0 bridgehead atoms. The van der Waals surface area contributed by atoms with Crippen LogP contribution in [0, 0.1) is 0 Å². The summed E-state index contributed by atoms with van der Waals surface area (Å²) in [5, 5.41) is 11.0. The Hall–Kier alpha value is -1.07. The Balaban J connectivity index is 1.93. The van der Waals surface area contributed by atoms with Gasteiger partial charge in [0.25, 0.3) is 0 Å². The standard InChI is InChI=1S/C13H16BrNO3/c14-10-3-4-12(11(9-10)13(16)17)18-8-7-15-5-1-2-6-15/h3-4,9H,1-2,5-8H2,(H,16,17). The highest BCUT2D eigenvalue weighted by Crippen LogP contribution is 2.22. The van der Waals surface area contributed by atoms with Crippen LogP contribution in [0.2, 0.25) is 0 Å². The minimum absolute atomic E-state index is 0.0980. The van der Waals surface area contributed by atoms with Crippen LogP contribution in [0.4, 0.5) is 0 Å². The van der Waals surface area contributed by atoms with Crippen molar-refractivity contribution in [2.75, 3.05) is 26.2 Å². The molecule has 1 heterocycles. The van der Waals surface area contributed by atoms with Gasteiger partial charge in [-0.3, -0.25) is 0 Å². The number of nitrogens with one attached hydrogen (secondary N) is 1. The molecular weight excluding hydrogens is 298 g/mol. The molecule has 4 nitrogen and oxygen atoms in total. The smallest absolute Gasteiger partial charge is 0.137 e. The van der Waals surface area contributed by atoms with Crippen LogP contribution in [-0.4, -0.2) is 32.2 Å². The first-order valence-corrected chi connectivity index (χ1v) is 6.93. The zero-order valence-corrected chi connectivity index (χ0v) is 11.7. The second-order valence-electron chi connectivity index (χ2n) is 4.48. The topological polar surface area (TPSA) is 53.8 Å². The van der Waals surface area contributed by atoms with Gasteiger partial charge in [0.05, 0.1) is 19.1 Å². The van der Waals surface area contributed by atoms with Crippen LogP contribution >= 0.6 is 15.9 Å². The summed E-state index contributed by atoms with van der Waals surface area (Å²) in [5.41, 5.74) is 0.0980. The van der Waals surface area contributed by atoms with E-state index >= 15 is 0 Å². The third-order valence-electron chi connectivity index (χ3n) is 3.19. The molecule has 98 valence electrons. The fraction of sp³-hybridized carbons (Fsp3) is 0.462. The number of carbonyl (C=O) groups excluding carboxylic acids is 1. The third kappa shape index (κ3) is 3.46. The number of halogens is 1. The highest BCUT2D eigenvalue weighted by atomic mass is 79.9. The van der Waals surface area contributed by atoms with Crippen LogP contribution in [0.1, 0.15) is 23.2 Å². The van der Waals surface area contributed by atoms with Crippen molar-refractivity contribution in [2.45, 2.75) is 12.8 Å². The molecule has 0 aromatic heterocycles. The zero-order valence-electron chi connectivity index (χ0n) is 10.1. The van der Waals surface area contributed by atoms with Crippen molar-refractivity contribution in [3.8, 4) is 5.75 Å². The number of hydrogen-bond donors (Lipinski definition) is 1. The van der Waals surface area contributed by atoms with Gasteiger partial charge in [-0.1, -0.05) is 15.9 Å². The van der Waals surface area contributed by atoms with E-state index in [0.29, 0.717) is 16.8 Å². The van der Waals surface area contributed by atoms with Crippen molar-refractivity contribution in [1.82, 2.24) is 0 Å². The summed E-state index contributed by atoms with van der Waals surface area (Å²) in [7, 11) is 0. The summed E-state index contributed by atoms with van der Waals surface area (Å²) >= 11 is 3.24. The second-order valence-corrected chi connectivity index (χ2v) is 5.40. The Morgan fingerprint density at radius 2 is 2.11 bits per heavy atom. The molecule has 5 heteroatoms. The molecule has 0 radical (unpaired) electrons. The van der Waals surface area contributed by atoms with Crippen LogP contribution in [0.15, 0.2) is 22.7 Å². The van der Waals surface area contributed by atoms with Crippen LogP contribution in [0.5, 0.6) is 5.75 Å². The lowest BCUT2D eigenvalue weighted by Gasteiger charge is -2.15. The monoisotopic (exact) mass is 313 g/mol. The maximum Gasteiger partial charge on any atom is 0.137 e. The molecule has 0 spiro atoms. The van der Waals surface area contributed by atoms with Crippen molar-refractivity contribution < 1.29 is 19.5 Å². The average Bonchev–Trinajstić information content (AvgIpc) is 2.84.